The van der Waals surface area contributed by atoms with Crippen LogP contribution in [-0.4, -0.2) is 13.0 Å². The molecule has 0 saturated carbocycles. The van der Waals surface area contributed by atoms with E-state index in [0.29, 0.717) is 5.56 Å². The van der Waals surface area contributed by atoms with Gasteiger partial charge in [0, 0.05) is 5.56 Å². The molecular weight excluding hydrogens is 287 g/mol. The maximum absolute atomic E-state index is 10.6. The summed E-state index contributed by atoms with van der Waals surface area (Å²) in [7, 11) is -4.77. The zero-order chi connectivity index (χ0) is 13.7. The zero-order valence-electron chi connectivity index (χ0n) is 10.9. The average molecular weight is 298 g/mol. The van der Waals surface area contributed by atoms with E-state index < -0.39 is 10.4 Å². The SMILES string of the molecule is O=S(=O)([O-])Oc1ccccc1C=Cc1ccccc1.[Na+]. The molecule has 6 heteroatoms. The summed E-state index contributed by atoms with van der Waals surface area (Å²) in [5, 5.41) is 0. The Balaban J connectivity index is 0.00000200. The van der Waals surface area contributed by atoms with Crippen LogP contribution < -0.4 is 33.7 Å². The van der Waals surface area contributed by atoms with Crippen molar-refractivity contribution in [3.8, 4) is 5.75 Å². The molecule has 0 fully saturated rings. The van der Waals surface area contributed by atoms with Gasteiger partial charge in [0.2, 0.25) is 0 Å². The smallest absolute Gasteiger partial charge is 0.716 e. The molecule has 0 N–H and O–H groups in total. The minimum atomic E-state index is -4.77. The van der Waals surface area contributed by atoms with E-state index in [-0.39, 0.29) is 35.3 Å². The maximum Gasteiger partial charge on any atom is 1.00 e. The minimum absolute atomic E-state index is 0. The Bertz CT molecular complexity index is 681. The van der Waals surface area contributed by atoms with Crippen molar-refractivity contribution in [2.45, 2.75) is 0 Å². The molecule has 98 valence electrons. The third-order valence-corrected chi connectivity index (χ3v) is 2.75. The fraction of sp³-hybridized carbons (Fsp3) is 0. The molecule has 2 aromatic rings. The summed E-state index contributed by atoms with van der Waals surface area (Å²) in [6, 6.07) is 15.9. The molecule has 0 saturated heterocycles. The molecule has 0 bridgehead atoms. The number of hydrogen-bond acceptors (Lipinski definition) is 4. The van der Waals surface area contributed by atoms with Crippen molar-refractivity contribution in [3.63, 3.8) is 0 Å². The van der Waals surface area contributed by atoms with Crippen molar-refractivity contribution in [2.24, 2.45) is 0 Å². The van der Waals surface area contributed by atoms with Crippen molar-refractivity contribution in [2.75, 3.05) is 0 Å². The van der Waals surface area contributed by atoms with E-state index in [9.17, 15) is 13.0 Å². The van der Waals surface area contributed by atoms with Crippen LogP contribution in [0.4, 0.5) is 0 Å². The standard InChI is InChI=1S/C14H12O4S.Na/c15-19(16,17)18-14-9-5-4-8-13(14)11-10-12-6-2-1-3-7-12;/h1-11H,(H,15,16,17);/q;+1/p-1. The van der Waals surface area contributed by atoms with Crippen LogP contribution in [0.3, 0.4) is 0 Å². The normalized spacial score (nSPS) is 11.1. The van der Waals surface area contributed by atoms with Crippen LogP contribution in [0.2, 0.25) is 0 Å². The Kier molecular flexibility index (Phi) is 6.45. The van der Waals surface area contributed by atoms with Crippen LogP contribution in [0.5, 0.6) is 5.75 Å². The van der Waals surface area contributed by atoms with Crippen molar-refractivity contribution < 1.29 is 46.7 Å². The first-order valence-electron chi connectivity index (χ1n) is 5.52. The first-order valence-corrected chi connectivity index (χ1v) is 6.85. The maximum atomic E-state index is 10.6. The van der Waals surface area contributed by atoms with Crippen LogP contribution in [0.1, 0.15) is 11.1 Å². The Morgan fingerprint density at radius 1 is 0.900 bits per heavy atom. The van der Waals surface area contributed by atoms with E-state index in [0.717, 1.165) is 5.56 Å². The number of para-hydroxylation sites is 1. The number of benzene rings is 2. The second-order valence-electron chi connectivity index (χ2n) is 3.77. The summed E-state index contributed by atoms with van der Waals surface area (Å²) < 4.78 is 36.3. The third-order valence-electron chi connectivity index (χ3n) is 2.37. The van der Waals surface area contributed by atoms with Gasteiger partial charge in [-0.2, -0.15) is 0 Å². The average Bonchev–Trinajstić information content (AvgIpc) is 2.37. The Morgan fingerprint density at radius 2 is 1.50 bits per heavy atom. The van der Waals surface area contributed by atoms with Gasteiger partial charge in [0.15, 0.2) is 0 Å². The summed E-state index contributed by atoms with van der Waals surface area (Å²) in [6.45, 7) is 0. The van der Waals surface area contributed by atoms with Gasteiger partial charge in [-0.1, -0.05) is 60.7 Å². The number of hydrogen-bond donors (Lipinski definition) is 0. The molecule has 2 rings (SSSR count). The van der Waals surface area contributed by atoms with Crippen LogP contribution in [0, 0.1) is 0 Å². The molecule has 0 aromatic heterocycles. The molecule has 0 atom stereocenters. The van der Waals surface area contributed by atoms with Crippen molar-refractivity contribution >= 4 is 22.6 Å². The molecule has 0 radical (unpaired) electrons. The van der Waals surface area contributed by atoms with Gasteiger partial charge in [-0.25, -0.2) is 8.42 Å². The molecule has 20 heavy (non-hydrogen) atoms. The molecule has 4 nitrogen and oxygen atoms in total. The fourth-order valence-corrected chi connectivity index (χ4v) is 1.93. The second-order valence-corrected chi connectivity index (χ2v) is 4.76. The Hall–Kier alpha value is -1.11. The van der Waals surface area contributed by atoms with Gasteiger partial charge >= 0.3 is 29.6 Å². The molecule has 0 unspecified atom stereocenters. The quantitative estimate of drug-likeness (QED) is 0.336. The molecule has 0 aliphatic heterocycles. The first kappa shape index (κ1) is 16.9. The first-order chi connectivity index (χ1) is 9.04. The van der Waals surface area contributed by atoms with Gasteiger partial charge in [0.05, 0.1) is 0 Å². The van der Waals surface area contributed by atoms with Crippen molar-refractivity contribution in [1.29, 1.82) is 0 Å². The van der Waals surface area contributed by atoms with Crippen molar-refractivity contribution in [3.05, 3.63) is 65.7 Å². The van der Waals surface area contributed by atoms with Gasteiger partial charge in [-0.15, -0.1) is 0 Å². The van der Waals surface area contributed by atoms with Gasteiger partial charge in [-0.3, -0.25) is 0 Å². The van der Waals surface area contributed by atoms with Crippen molar-refractivity contribution in [1.82, 2.24) is 0 Å². The molecule has 0 spiro atoms. The van der Waals surface area contributed by atoms with Crippen LogP contribution >= 0.6 is 0 Å². The van der Waals surface area contributed by atoms with E-state index in [1.807, 2.05) is 30.3 Å². The van der Waals surface area contributed by atoms with Gasteiger partial charge in [0.1, 0.15) is 5.75 Å². The van der Waals surface area contributed by atoms with E-state index in [1.165, 1.54) is 6.07 Å². The second kappa shape index (κ2) is 7.61. The molecule has 2 aromatic carbocycles. The predicted octanol–water partition coefficient (Wildman–Crippen LogP) is -0.300. The van der Waals surface area contributed by atoms with E-state index in [1.54, 1.807) is 30.4 Å². The van der Waals surface area contributed by atoms with Gasteiger partial charge < -0.3 is 8.74 Å². The Labute approximate surface area is 140 Å². The molecular formula is C14H11NaO4S. The monoisotopic (exact) mass is 298 g/mol. The largest absolute Gasteiger partial charge is 1.00 e. The Morgan fingerprint density at radius 3 is 2.15 bits per heavy atom. The van der Waals surface area contributed by atoms with Gasteiger partial charge in [-0.05, 0) is 11.6 Å². The molecule has 0 heterocycles. The fourth-order valence-electron chi connectivity index (χ4n) is 1.55. The summed E-state index contributed by atoms with van der Waals surface area (Å²) in [4.78, 5) is 0. The number of rotatable bonds is 4. The summed E-state index contributed by atoms with van der Waals surface area (Å²) >= 11 is 0. The predicted molar refractivity (Wildman–Crippen MR) is 72.1 cm³/mol. The molecule has 0 amide bonds. The van der Waals surface area contributed by atoms with E-state index >= 15 is 0 Å². The molecule has 0 aliphatic rings. The summed E-state index contributed by atoms with van der Waals surface area (Å²) in [5.74, 6) is 0.0182. The van der Waals surface area contributed by atoms with Crippen LogP contribution in [-0.2, 0) is 10.4 Å². The van der Waals surface area contributed by atoms with Crippen LogP contribution in [0.25, 0.3) is 12.2 Å². The minimum Gasteiger partial charge on any atom is -0.716 e. The summed E-state index contributed by atoms with van der Waals surface area (Å²) in [5.41, 5.74) is 1.48. The zero-order valence-corrected chi connectivity index (χ0v) is 13.7. The summed E-state index contributed by atoms with van der Waals surface area (Å²) in [6.07, 6.45) is 3.50. The van der Waals surface area contributed by atoms with Crippen LogP contribution in [0.15, 0.2) is 54.6 Å². The molecule has 0 aliphatic carbocycles. The van der Waals surface area contributed by atoms with E-state index in [4.69, 9.17) is 0 Å². The third kappa shape index (κ3) is 5.48. The topological polar surface area (TPSA) is 66.4 Å². The van der Waals surface area contributed by atoms with E-state index in [2.05, 4.69) is 4.18 Å². The van der Waals surface area contributed by atoms with Gasteiger partial charge in [0.25, 0.3) is 10.4 Å².